The number of nitrogens with one attached hydrogen (secondary N) is 1. The van der Waals surface area contributed by atoms with Gasteiger partial charge in [0.2, 0.25) is 5.91 Å². The molecule has 3 aromatic rings. The molecule has 1 N–H and O–H groups in total. The number of anilines is 1. The average Bonchev–Trinajstić information content (AvgIpc) is 3.54. The fraction of sp³-hybridized carbons (Fsp3) is 0.481. The summed E-state index contributed by atoms with van der Waals surface area (Å²) >= 11 is 0. The topological polar surface area (TPSA) is 108 Å². The van der Waals surface area contributed by atoms with Gasteiger partial charge < -0.3 is 23.9 Å². The van der Waals surface area contributed by atoms with E-state index in [2.05, 4.69) is 5.32 Å². The Bertz CT molecular complexity index is 1360. The number of fused-ring (bicyclic) bond motifs is 3. The summed E-state index contributed by atoms with van der Waals surface area (Å²) in [7, 11) is 1.38. The minimum Gasteiger partial charge on any atom is -0.452 e. The Labute approximate surface area is 215 Å². The summed E-state index contributed by atoms with van der Waals surface area (Å²) in [5, 5.41) is 3.00. The number of hydrogen-bond acceptors (Lipinski definition) is 6. The number of carbonyl (C=O) groups excluding carboxylic acids is 2. The van der Waals surface area contributed by atoms with Crippen molar-refractivity contribution in [1.82, 2.24) is 19.4 Å². The van der Waals surface area contributed by atoms with E-state index in [0.29, 0.717) is 19.5 Å². The molecule has 0 saturated carbocycles. The quantitative estimate of drug-likeness (QED) is 0.527. The average molecular weight is 508 g/mol. The van der Waals surface area contributed by atoms with Crippen molar-refractivity contribution in [3.05, 3.63) is 58.3 Å². The first kappa shape index (κ1) is 25.0. The summed E-state index contributed by atoms with van der Waals surface area (Å²) in [5.41, 5.74) is 3.29. The van der Waals surface area contributed by atoms with Crippen LogP contribution in [0.4, 0.5) is 10.5 Å². The largest absolute Gasteiger partial charge is 0.452 e. The Kier molecular flexibility index (Phi) is 7.27. The van der Waals surface area contributed by atoms with Gasteiger partial charge in [0, 0.05) is 50.0 Å². The van der Waals surface area contributed by atoms with Gasteiger partial charge in [0.05, 0.1) is 29.9 Å². The lowest BCUT2D eigenvalue weighted by atomic mass is 9.96. The summed E-state index contributed by atoms with van der Waals surface area (Å²) in [6.07, 6.45) is 5.40. The summed E-state index contributed by atoms with van der Waals surface area (Å²) in [4.78, 5) is 44.4. The maximum Gasteiger partial charge on any atom is 0.414 e. The number of carbonyl (C=O) groups is 2. The second-order valence-corrected chi connectivity index (χ2v) is 9.69. The molecule has 0 bridgehead atoms. The second-order valence-electron chi connectivity index (χ2n) is 9.69. The first-order valence-electron chi connectivity index (χ1n) is 12.9. The third-order valence-electron chi connectivity index (χ3n) is 7.29. The monoisotopic (exact) mass is 507 g/mol. The number of amides is 2. The van der Waals surface area contributed by atoms with E-state index in [1.807, 2.05) is 29.7 Å². The third-order valence-corrected chi connectivity index (χ3v) is 7.29. The molecule has 0 spiro atoms. The van der Waals surface area contributed by atoms with E-state index in [-0.39, 0.29) is 30.2 Å². The van der Waals surface area contributed by atoms with Crippen LogP contribution in [0.25, 0.3) is 11.0 Å². The van der Waals surface area contributed by atoms with Gasteiger partial charge in [0.25, 0.3) is 5.56 Å². The van der Waals surface area contributed by atoms with Crippen LogP contribution in [0, 0.1) is 0 Å². The van der Waals surface area contributed by atoms with Crippen molar-refractivity contribution < 1.29 is 19.1 Å². The van der Waals surface area contributed by atoms with Crippen molar-refractivity contribution in [2.24, 2.45) is 0 Å². The molecule has 4 heterocycles. The highest BCUT2D eigenvalue weighted by Gasteiger charge is 2.31. The first-order chi connectivity index (χ1) is 18.0. The van der Waals surface area contributed by atoms with Gasteiger partial charge in [0.1, 0.15) is 12.4 Å². The Morgan fingerprint density at radius 1 is 1.22 bits per heavy atom. The van der Waals surface area contributed by atoms with Crippen LogP contribution in [0.3, 0.4) is 0 Å². The molecule has 10 nitrogen and oxygen atoms in total. The van der Waals surface area contributed by atoms with Crippen LogP contribution in [0.1, 0.15) is 37.6 Å². The molecule has 2 aliphatic heterocycles. The summed E-state index contributed by atoms with van der Waals surface area (Å²) in [5.74, 6) is 0.602. The fourth-order valence-corrected chi connectivity index (χ4v) is 5.32. The lowest BCUT2D eigenvalue weighted by Crippen LogP contribution is -2.42. The van der Waals surface area contributed by atoms with E-state index in [4.69, 9.17) is 14.5 Å². The number of hydrogen-bond donors (Lipinski definition) is 1. The van der Waals surface area contributed by atoms with Crippen LogP contribution in [0.2, 0.25) is 0 Å². The minimum atomic E-state index is -0.399. The predicted molar refractivity (Wildman–Crippen MR) is 139 cm³/mol. The Balaban J connectivity index is 1.49. The van der Waals surface area contributed by atoms with Crippen molar-refractivity contribution in [3.63, 3.8) is 0 Å². The van der Waals surface area contributed by atoms with Crippen molar-refractivity contribution in [3.8, 4) is 0 Å². The molecule has 2 atom stereocenters. The van der Waals surface area contributed by atoms with E-state index in [0.717, 1.165) is 60.4 Å². The molecular formula is C27H33N5O5. The zero-order chi connectivity index (χ0) is 25.9. The summed E-state index contributed by atoms with van der Waals surface area (Å²) in [6.45, 7) is 3.78. The van der Waals surface area contributed by atoms with Crippen LogP contribution in [0.5, 0.6) is 0 Å². The number of rotatable bonds is 7. The molecule has 37 heavy (non-hydrogen) atoms. The number of imidazole rings is 1. The maximum atomic E-state index is 13.0. The van der Waals surface area contributed by atoms with Gasteiger partial charge in [-0.05, 0) is 50.8 Å². The molecule has 196 valence electrons. The zero-order valence-corrected chi connectivity index (χ0v) is 21.3. The molecule has 2 amide bonds. The Morgan fingerprint density at radius 2 is 2.08 bits per heavy atom. The van der Waals surface area contributed by atoms with Crippen molar-refractivity contribution in [2.75, 3.05) is 25.2 Å². The van der Waals surface area contributed by atoms with E-state index in [9.17, 15) is 14.4 Å². The van der Waals surface area contributed by atoms with E-state index >= 15 is 0 Å². The number of pyridine rings is 1. The fourth-order valence-electron chi connectivity index (χ4n) is 5.32. The number of benzene rings is 1. The number of ether oxygens (including phenoxy) is 2. The lowest BCUT2D eigenvalue weighted by Gasteiger charge is -2.34. The van der Waals surface area contributed by atoms with Crippen molar-refractivity contribution in [2.45, 2.75) is 64.3 Å². The van der Waals surface area contributed by atoms with E-state index < -0.39 is 6.09 Å². The minimum absolute atomic E-state index is 0.00694. The number of nitrogens with zero attached hydrogens (tertiary/aromatic N) is 4. The molecule has 0 radical (unpaired) electrons. The summed E-state index contributed by atoms with van der Waals surface area (Å²) in [6, 6.07) is 8.90. The van der Waals surface area contributed by atoms with Gasteiger partial charge in [-0.15, -0.1) is 0 Å². The van der Waals surface area contributed by atoms with Gasteiger partial charge in [0.15, 0.2) is 0 Å². The van der Waals surface area contributed by atoms with Gasteiger partial charge >= 0.3 is 6.09 Å². The van der Waals surface area contributed by atoms with Crippen LogP contribution >= 0.6 is 0 Å². The van der Waals surface area contributed by atoms with Gasteiger partial charge in [-0.1, -0.05) is 6.07 Å². The van der Waals surface area contributed by atoms with E-state index in [1.54, 1.807) is 21.7 Å². The van der Waals surface area contributed by atoms with Crippen molar-refractivity contribution in [1.29, 1.82) is 0 Å². The second kappa shape index (κ2) is 10.8. The molecule has 1 fully saturated rings. The highest BCUT2D eigenvalue weighted by atomic mass is 16.5. The highest BCUT2D eigenvalue weighted by molar-refractivity contribution is 5.95. The summed E-state index contributed by atoms with van der Waals surface area (Å²) < 4.78 is 14.2. The normalized spacial score (nSPS) is 19.1. The van der Waals surface area contributed by atoms with Crippen LogP contribution in [-0.2, 0) is 40.2 Å². The van der Waals surface area contributed by atoms with Gasteiger partial charge in [-0.3, -0.25) is 14.5 Å². The van der Waals surface area contributed by atoms with Gasteiger partial charge in [-0.25, -0.2) is 9.78 Å². The zero-order valence-electron chi connectivity index (χ0n) is 21.3. The molecule has 2 aromatic heterocycles. The smallest absolute Gasteiger partial charge is 0.414 e. The molecule has 5 rings (SSSR count). The number of aryl methyl sites for hydroxylation is 3. The molecule has 1 aromatic carbocycles. The number of methoxy groups -OCH3 is 1. The molecular weight excluding hydrogens is 474 g/mol. The molecule has 1 saturated heterocycles. The Hall–Kier alpha value is -3.66. The molecule has 2 aliphatic rings. The SMILES string of the molecule is COC(=O)N1c2ccc3c(nc(CCn4ccccc4=O)n3CC(=O)NC[C@H]3CCCO3)c2CC[C@@H]1C. The maximum absolute atomic E-state index is 13.0. The van der Waals surface area contributed by atoms with Crippen LogP contribution < -0.4 is 15.8 Å². The standard InChI is InChI=1S/C27H33N5O5/c1-18-8-9-20-21(32(18)27(35)36-2)10-11-22-26(20)29-23(12-14-30-13-4-3-7-25(30)34)31(22)17-24(33)28-16-19-6-5-15-37-19/h3-4,7,10-11,13,18-19H,5-6,8-9,12,14-17H2,1-2H3,(H,28,33)/t18-,19+/m0/s1. The molecule has 10 heteroatoms. The Morgan fingerprint density at radius 3 is 2.84 bits per heavy atom. The van der Waals surface area contributed by atoms with Crippen molar-refractivity contribution >= 4 is 28.7 Å². The van der Waals surface area contributed by atoms with E-state index in [1.165, 1.54) is 13.2 Å². The highest BCUT2D eigenvalue weighted by Crippen LogP contribution is 2.36. The predicted octanol–water partition coefficient (Wildman–Crippen LogP) is 2.64. The first-order valence-corrected chi connectivity index (χ1v) is 12.9. The van der Waals surface area contributed by atoms with Crippen LogP contribution in [-0.4, -0.2) is 58.5 Å². The number of aromatic nitrogens is 3. The van der Waals surface area contributed by atoms with Crippen LogP contribution in [0.15, 0.2) is 41.3 Å². The molecule has 0 aliphatic carbocycles. The van der Waals surface area contributed by atoms with Gasteiger partial charge in [-0.2, -0.15) is 0 Å². The molecule has 0 unspecified atom stereocenters. The lowest BCUT2D eigenvalue weighted by molar-refractivity contribution is -0.122. The third kappa shape index (κ3) is 5.11.